The number of benzene rings is 2. The van der Waals surface area contributed by atoms with E-state index in [0.717, 1.165) is 34.0 Å². The van der Waals surface area contributed by atoms with Crippen molar-refractivity contribution in [2.45, 2.75) is 33.6 Å². The first kappa shape index (κ1) is 15.0. The van der Waals surface area contributed by atoms with E-state index in [1.165, 1.54) is 11.1 Å². The summed E-state index contributed by atoms with van der Waals surface area (Å²) in [6.45, 7) is 6.28. The summed E-state index contributed by atoms with van der Waals surface area (Å²) in [4.78, 5) is 12.6. The summed E-state index contributed by atoms with van der Waals surface area (Å²) in [6.07, 6.45) is 1.97. The Morgan fingerprint density at radius 2 is 1.55 bits per heavy atom. The average molecular weight is 331 g/mol. The number of ketones is 1. The van der Waals surface area contributed by atoms with Gasteiger partial charge in [0.1, 0.15) is 0 Å². The van der Waals surface area contributed by atoms with Gasteiger partial charge in [0.2, 0.25) is 0 Å². The normalized spacial score (nSPS) is 10.6. The lowest BCUT2D eigenvalue weighted by molar-refractivity contribution is 0.103. The second-order valence-electron chi connectivity index (χ2n) is 4.98. The molecule has 104 valence electrons. The number of hydrogen-bond acceptors (Lipinski definition) is 1. The van der Waals surface area contributed by atoms with Crippen molar-refractivity contribution in [1.29, 1.82) is 0 Å². The quantitative estimate of drug-likeness (QED) is 0.711. The van der Waals surface area contributed by atoms with Crippen LogP contribution in [0.2, 0.25) is 0 Å². The molecule has 0 atom stereocenters. The van der Waals surface area contributed by atoms with Crippen LogP contribution in [0.15, 0.2) is 40.9 Å². The molecule has 0 amide bonds. The number of hydrogen-bond donors (Lipinski definition) is 0. The van der Waals surface area contributed by atoms with Gasteiger partial charge in [0.25, 0.3) is 0 Å². The highest BCUT2D eigenvalue weighted by Crippen LogP contribution is 2.21. The molecule has 0 heterocycles. The maximum absolute atomic E-state index is 12.6. The first-order chi connectivity index (χ1) is 9.56. The van der Waals surface area contributed by atoms with Crippen LogP contribution >= 0.6 is 15.9 Å². The molecule has 0 fully saturated rings. The smallest absolute Gasteiger partial charge is 0.193 e. The summed E-state index contributed by atoms with van der Waals surface area (Å²) in [5, 5.41) is 0. The monoisotopic (exact) mass is 330 g/mol. The third-order valence-electron chi connectivity index (χ3n) is 3.65. The zero-order chi connectivity index (χ0) is 14.7. The van der Waals surface area contributed by atoms with Crippen LogP contribution in [0.4, 0.5) is 0 Å². The van der Waals surface area contributed by atoms with Crippen molar-refractivity contribution in [2.75, 3.05) is 0 Å². The van der Waals surface area contributed by atoms with Crippen LogP contribution in [0.5, 0.6) is 0 Å². The highest BCUT2D eigenvalue weighted by molar-refractivity contribution is 9.10. The highest BCUT2D eigenvalue weighted by atomic mass is 79.9. The number of rotatable bonds is 4. The van der Waals surface area contributed by atoms with Crippen LogP contribution < -0.4 is 0 Å². The topological polar surface area (TPSA) is 17.1 Å². The van der Waals surface area contributed by atoms with Crippen molar-refractivity contribution in [1.82, 2.24) is 0 Å². The molecule has 0 bridgehead atoms. The fourth-order valence-corrected chi connectivity index (χ4v) is 2.64. The van der Waals surface area contributed by atoms with Gasteiger partial charge in [-0.1, -0.05) is 41.9 Å². The fourth-order valence-electron chi connectivity index (χ4n) is 2.39. The summed E-state index contributed by atoms with van der Waals surface area (Å²) >= 11 is 3.47. The minimum atomic E-state index is 0.0953. The van der Waals surface area contributed by atoms with Crippen LogP contribution in [-0.4, -0.2) is 5.78 Å². The molecule has 20 heavy (non-hydrogen) atoms. The lowest BCUT2D eigenvalue weighted by Crippen LogP contribution is -2.04. The van der Waals surface area contributed by atoms with Crippen LogP contribution in [0, 0.1) is 6.92 Å². The largest absolute Gasteiger partial charge is 0.289 e. The Morgan fingerprint density at radius 3 is 2.15 bits per heavy atom. The summed E-state index contributed by atoms with van der Waals surface area (Å²) in [5.74, 6) is 0.0953. The van der Waals surface area contributed by atoms with E-state index >= 15 is 0 Å². The standard InChI is InChI=1S/C18H19BrO/c1-4-13-6-7-16(11-14(13)5-2)18(20)15-8-9-17(19)12(3)10-15/h6-11H,4-5H2,1-3H3. The van der Waals surface area contributed by atoms with Gasteiger partial charge in [-0.2, -0.15) is 0 Å². The predicted octanol–water partition coefficient (Wildman–Crippen LogP) is 5.11. The molecule has 0 N–H and O–H groups in total. The molecule has 2 aromatic rings. The Labute approximate surface area is 129 Å². The minimum absolute atomic E-state index is 0.0953. The van der Waals surface area contributed by atoms with Crippen molar-refractivity contribution in [3.05, 3.63) is 68.7 Å². The molecule has 0 aromatic heterocycles. The Morgan fingerprint density at radius 1 is 0.950 bits per heavy atom. The zero-order valence-electron chi connectivity index (χ0n) is 12.2. The molecule has 0 unspecified atom stereocenters. The number of halogens is 1. The van der Waals surface area contributed by atoms with Gasteiger partial charge in [0.05, 0.1) is 0 Å². The van der Waals surface area contributed by atoms with E-state index in [0.29, 0.717) is 0 Å². The molecule has 1 nitrogen and oxygen atoms in total. The lowest BCUT2D eigenvalue weighted by Gasteiger charge is -2.09. The van der Waals surface area contributed by atoms with Crippen LogP contribution in [0.1, 0.15) is 46.5 Å². The molecule has 2 rings (SSSR count). The number of aryl methyl sites for hydroxylation is 3. The van der Waals surface area contributed by atoms with E-state index in [-0.39, 0.29) is 5.78 Å². The van der Waals surface area contributed by atoms with Gasteiger partial charge in [-0.3, -0.25) is 4.79 Å². The zero-order valence-corrected chi connectivity index (χ0v) is 13.8. The SMILES string of the molecule is CCc1ccc(C(=O)c2ccc(Br)c(C)c2)cc1CC. The van der Waals surface area contributed by atoms with E-state index in [1.807, 2.05) is 37.3 Å². The van der Waals surface area contributed by atoms with E-state index in [9.17, 15) is 4.79 Å². The molecule has 0 aliphatic heterocycles. The lowest BCUT2D eigenvalue weighted by atomic mass is 9.95. The van der Waals surface area contributed by atoms with E-state index in [2.05, 4.69) is 35.8 Å². The van der Waals surface area contributed by atoms with E-state index in [1.54, 1.807) is 0 Å². The summed E-state index contributed by atoms with van der Waals surface area (Å²) in [7, 11) is 0. The van der Waals surface area contributed by atoms with Gasteiger partial charge >= 0.3 is 0 Å². The Bertz CT molecular complexity index is 644. The molecule has 0 aliphatic carbocycles. The van der Waals surface area contributed by atoms with Gasteiger partial charge in [-0.25, -0.2) is 0 Å². The molecule has 0 saturated carbocycles. The molecule has 2 heteroatoms. The molecular weight excluding hydrogens is 312 g/mol. The number of carbonyl (C=O) groups is 1. The summed E-state index contributed by atoms with van der Waals surface area (Å²) < 4.78 is 1.03. The van der Waals surface area contributed by atoms with Crippen molar-refractivity contribution < 1.29 is 4.79 Å². The third-order valence-corrected chi connectivity index (χ3v) is 4.54. The van der Waals surface area contributed by atoms with Crippen molar-refractivity contribution in [3.63, 3.8) is 0 Å². The van der Waals surface area contributed by atoms with E-state index in [4.69, 9.17) is 0 Å². The van der Waals surface area contributed by atoms with Crippen LogP contribution in [-0.2, 0) is 12.8 Å². The fraction of sp³-hybridized carbons (Fsp3) is 0.278. The van der Waals surface area contributed by atoms with Crippen LogP contribution in [0.3, 0.4) is 0 Å². The minimum Gasteiger partial charge on any atom is -0.289 e. The van der Waals surface area contributed by atoms with Gasteiger partial charge < -0.3 is 0 Å². The first-order valence-electron chi connectivity index (χ1n) is 6.99. The molecule has 2 aromatic carbocycles. The van der Waals surface area contributed by atoms with Crippen molar-refractivity contribution >= 4 is 21.7 Å². The van der Waals surface area contributed by atoms with Crippen LogP contribution in [0.25, 0.3) is 0 Å². The first-order valence-corrected chi connectivity index (χ1v) is 7.78. The average Bonchev–Trinajstić information content (AvgIpc) is 2.48. The maximum Gasteiger partial charge on any atom is 0.193 e. The number of carbonyl (C=O) groups excluding carboxylic acids is 1. The van der Waals surface area contributed by atoms with Gasteiger partial charge in [0, 0.05) is 15.6 Å². The van der Waals surface area contributed by atoms with E-state index < -0.39 is 0 Å². The Balaban J connectivity index is 2.40. The van der Waals surface area contributed by atoms with Crippen molar-refractivity contribution in [3.8, 4) is 0 Å². The maximum atomic E-state index is 12.6. The molecule has 0 spiro atoms. The molecule has 0 aliphatic rings. The molecule has 0 saturated heterocycles. The van der Waals surface area contributed by atoms with Crippen molar-refractivity contribution in [2.24, 2.45) is 0 Å². The van der Waals surface area contributed by atoms with Gasteiger partial charge in [-0.05, 0) is 60.7 Å². The molecule has 0 radical (unpaired) electrons. The Hall–Kier alpha value is -1.41. The highest BCUT2D eigenvalue weighted by Gasteiger charge is 2.11. The second kappa shape index (κ2) is 6.36. The summed E-state index contributed by atoms with van der Waals surface area (Å²) in [5.41, 5.74) is 5.21. The molecular formula is C18H19BrO. The van der Waals surface area contributed by atoms with Gasteiger partial charge in [-0.15, -0.1) is 0 Å². The second-order valence-corrected chi connectivity index (χ2v) is 5.84. The Kier molecular flexibility index (Phi) is 4.77. The van der Waals surface area contributed by atoms with Gasteiger partial charge in [0.15, 0.2) is 5.78 Å². The summed E-state index contributed by atoms with van der Waals surface area (Å²) in [6, 6.07) is 11.8. The third kappa shape index (κ3) is 3.01. The predicted molar refractivity (Wildman–Crippen MR) is 87.5 cm³/mol.